The fraction of sp³-hybridized carbons (Fsp3) is 0.333. The molecule has 2 aliphatic rings. The van der Waals surface area contributed by atoms with Crippen molar-refractivity contribution in [3.63, 3.8) is 0 Å². The molecule has 39 heavy (non-hydrogen) atoms. The molecular formula is C30H32N6O3. The minimum atomic E-state index is -1.01. The lowest BCUT2D eigenvalue weighted by Crippen LogP contribution is -2.47. The molecule has 6 rings (SSSR count). The fourth-order valence-electron chi connectivity index (χ4n) is 5.71. The number of fused-ring (bicyclic) bond motifs is 3. The van der Waals surface area contributed by atoms with Crippen molar-refractivity contribution in [3.05, 3.63) is 76.7 Å². The second kappa shape index (κ2) is 10.1. The largest absolute Gasteiger partial charge is 0.478 e. The molecule has 0 unspecified atom stereocenters. The van der Waals surface area contributed by atoms with Crippen molar-refractivity contribution < 1.29 is 14.7 Å². The average molecular weight is 525 g/mol. The van der Waals surface area contributed by atoms with Crippen molar-refractivity contribution >= 4 is 28.7 Å². The first-order valence-corrected chi connectivity index (χ1v) is 13.4. The molecule has 0 radical (unpaired) electrons. The van der Waals surface area contributed by atoms with Crippen LogP contribution in [0.1, 0.15) is 39.8 Å². The van der Waals surface area contributed by atoms with Gasteiger partial charge in [0.25, 0.3) is 0 Å². The lowest BCUT2D eigenvalue weighted by molar-refractivity contribution is -0.130. The van der Waals surface area contributed by atoms with Crippen LogP contribution in [0.15, 0.2) is 48.7 Å². The highest BCUT2D eigenvalue weighted by atomic mass is 16.4. The third-order valence-corrected chi connectivity index (χ3v) is 7.94. The Kier molecular flexibility index (Phi) is 6.52. The summed E-state index contributed by atoms with van der Waals surface area (Å²) >= 11 is 0. The Morgan fingerprint density at radius 2 is 1.82 bits per heavy atom. The van der Waals surface area contributed by atoms with Gasteiger partial charge in [0.1, 0.15) is 0 Å². The molecule has 1 saturated heterocycles. The van der Waals surface area contributed by atoms with E-state index in [1.54, 1.807) is 13.8 Å². The van der Waals surface area contributed by atoms with Crippen LogP contribution in [0.4, 0.5) is 5.95 Å². The standard InChI is InChI=1S/C30H32N6O3/c1-19-25(29(38)39)16-31-30(32-19)36-9-8-28-26(18-36)24-15-23(6-7-27(24)33-28)22-5-3-4-21(14-22)17-34-10-12-35(13-11-34)20(2)37/h3-7,14-16,33H,8-13,17-18H2,1-2H3,(H,38,39). The quantitative estimate of drug-likeness (QED) is 0.408. The predicted octanol–water partition coefficient (Wildman–Crippen LogP) is 3.86. The number of hydrogen-bond acceptors (Lipinski definition) is 6. The summed E-state index contributed by atoms with van der Waals surface area (Å²) in [6.07, 6.45) is 2.24. The number of aromatic amines is 1. The average Bonchev–Trinajstić information content (AvgIpc) is 3.30. The third-order valence-electron chi connectivity index (χ3n) is 7.94. The maximum Gasteiger partial charge on any atom is 0.339 e. The molecule has 200 valence electrons. The zero-order valence-corrected chi connectivity index (χ0v) is 22.3. The summed E-state index contributed by atoms with van der Waals surface area (Å²) in [6.45, 7) is 9.01. The summed E-state index contributed by atoms with van der Waals surface area (Å²) in [7, 11) is 0. The van der Waals surface area contributed by atoms with Gasteiger partial charge in [-0.25, -0.2) is 14.8 Å². The summed E-state index contributed by atoms with van der Waals surface area (Å²) in [5.41, 5.74) is 7.81. The van der Waals surface area contributed by atoms with Gasteiger partial charge in [-0.1, -0.05) is 24.3 Å². The highest BCUT2D eigenvalue weighted by Gasteiger charge is 2.24. The van der Waals surface area contributed by atoms with Crippen LogP contribution >= 0.6 is 0 Å². The molecule has 2 aromatic carbocycles. The van der Waals surface area contributed by atoms with Crippen LogP contribution in [-0.2, 0) is 24.3 Å². The summed E-state index contributed by atoms with van der Waals surface area (Å²) in [5.74, 6) is -0.296. The van der Waals surface area contributed by atoms with Crippen molar-refractivity contribution in [1.29, 1.82) is 0 Å². The first-order chi connectivity index (χ1) is 18.9. The first-order valence-electron chi connectivity index (χ1n) is 13.4. The first kappa shape index (κ1) is 25.1. The van der Waals surface area contributed by atoms with E-state index in [1.165, 1.54) is 39.5 Å². The highest BCUT2D eigenvalue weighted by molar-refractivity contribution is 5.90. The minimum Gasteiger partial charge on any atom is -0.478 e. The van der Waals surface area contributed by atoms with Gasteiger partial charge in [0, 0.05) is 87.5 Å². The van der Waals surface area contributed by atoms with Gasteiger partial charge in [-0.3, -0.25) is 9.69 Å². The van der Waals surface area contributed by atoms with E-state index in [0.29, 0.717) is 18.2 Å². The van der Waals surface area contributed by atoms with E-state index in [2.05, 4.69) is 67.2 Å². The molecule has 4 aromatic rings. The highest BCUT2D eigenvalue weighted by Crippen LogP contribution is 2.33. The molecule has 0 aliphatic carbocycles. The maximum absolute atomic E-state index is 11.6. The molecule has 0 saturated carbocycles. The van der Waals surface area contributed by atoms with Crippen LogP contribution in [0.2, 0.25) is 0 Å². The van der Waals surface area contributed by atoms with E-state index in [4.69, 9.17) is 0 Å². The van der Waals surface area contributed by atoms with Crippen molar-refractivity contribution in [2.24, 2.45) is 0 Å². The number of carbonyl (C=O) groups excluding carboxylic acids is 1. The van der Waals surface area contributed by atoms with Gasteiger partial charge in [-0.15, -0.1) is 0 Å². The van der Waals surface area contributed by atoms with Crippen LogP contribution < -0.4 is 4.90 Å². The number of H-pyrrole nitrogens is 1. The van der Waals surface area contributed by atoms with Crippen molar-refractivity contribution in [3.8, 4) is 11.1 Å². The van der Waals surface area contributed by atoms with Gasteiger partial charge in [0.05, 0.1) is 11.3 Å². The van der Waals surface area contributed by atoms with Crippen LogP contribution in [0.25, 0.3) is 22.0 Å². The van der Waals surface area contributed by atoms with E-state index in [0.717, 1.165) is 51.2 Å². The van der Waals surface area contributed by atoms with Crippen molar-refractivity contribution in [2.75, 3.05) is 37.6 Å². The van der Waals surface area contributed by atoms with Gasteiger partial charge >= 0.3 is 5.97 Å². The van der Waals surface area contributed by atoms with Gasteiger partial charge < -0.3 is 19.9 Å². The molecule has 1 fully saturated rings. The zero-order chi connectivity index (χ0) is 27.1. The van der Waals surface area contributed by atoms with Crippen LogP contribution in [0.5, 0.6) is 0 Å². The number of carbonyl (C=O) groups is 2. The summed E-state index contributed by atoms with van der Waals surface area (Å²) in [4.78, 5) is 41.9. The smallest absolute Gasteiger partial charge is 0.339 e. The molecule has 9 nitrogen and oxygen atoms in total. The number of aromatic carboxylic acids is 1. The Hall–Kier alpha value is -4.24. The Bertz CT molecular complexity index is 1570. The molecule has 2 aromatic heterocycles. The Morgan fingerprint density at radius 3 is 2.56 bits per heavy atom. The van der Waals surface area contributed by atoms with E-state index in [-0.39, 0.29) is 11.5 Å². The molecule has 2 aliphatic heterocycles. The maximum atomic E-state index is 11.6. The van der Waals surface area contributed by atoms with Crippen LogP contribution in [-0.4, -0.2) is 74.5 Å². The SMILES string of the molecule is CC(=O)N1CCN(Cc2cccc(-c3ccc4[nH]c5c(c4c3)CN(c3ncc(C(=O)O)c(C)n3)CC5)c2)CC1. The second-order valence-electron chi connectivity index (χ2n) is 10.5. The van der Waals surface area contributed by atoms with Crippen molar-refractivity contribution in [2.45, 2.75) is 33.4 Å². The third kappa shape index (κ3) is 4.97. The van der Waals surface area contributed by atoms with Gasteiger partial charge in [-0.05, 0) is 41.8 Å². The van der Waals surface area contributed by atoms with E-state index >= 15 is 0 Å². The summed E-state index contributed by atoms with van der Waals surface area (Å²) < 4.78 is 0. The number of piperazine rings is 1. The van der Waals surface area contributed by atoms with E-state index < -0.39 is 5.97 Å². The molecule has 0 atom stereocenters. The summed E-state index contributed by atoms with van der Waals surface area (Å²) in [5, 5.41) is 10.5. The second-order valence-corrected chi connectivity index (χ2v) is 10.5. The molecular weight excluding hydrogens is 492 g/mol. The number of nitrogens with zero attached hydrogens (tertiary/aromatic N) is 5. The van der Waals surface area contributed by atoms with Crippen LogP contribution in [0.3, 0.4) is 0 Å². The van der Waals surface area contributed by atoms with Crippen molar-refractivity contribution in [1.82, 2.24) is 24.8 Å². The summed E-state index contributed by atoms with van der Waals surface area (Å²) in [6, 6.07) is 15.3. The number of carboxylic acids is 1. The number of hydrogen-bond donors (Lipinski definition) is 2. The number of amides is 1. The van der Waals surface area contributed by atoms with Gasteiger partial charge in [0.2, 0.25) is 11.9 Å². The van der Waals surface area contributed by atoms with E-state index in [1.807, 2.05) is 4.90 Å². The number of benzene rings is 2. The Balaban J connectivity index is 1.23. The molecule has 0 bridgehead atoms. The lowest BCUT2D eigenvalue weighted by atomic mass is 9.98. The molecule has 0 spiro atoms. The van der Waals surface area contributed by atoms with Gasteiger partial charge in [0.15, 0.2) is 0 Å². The number of rotatable bonds is 5. The monoisotopic (exact) mass is 524 g/mol. The van der Waals surface area contributed by atoms with Gasteiger partial charge in [-0.2, -0.15) is 0 Å². The number of carboxylic acid groups (broad SMARTS) is 1. The number of aryl methyl sites for hydroxylation is 1. The van der Waals surface area contributed by atoms with Crippen LogP contribution in [0, 0.1) is 6.92 Å². The Labute approximate surface area is 227 Å². The molecule has 4 heterocycles. The minimum absolute atomic E-state index is 0.133. The Morgan fingerprint density at radius 1 is 1.03 bits per heavy atom. The fourth-order valence-corrected chi connectivity index (χ4v) is 5.71. The number of aromatic nitrogens is 3. The lowest BCUT2D eigenvalue weighted by Gasteiger charge is -2.34. The number of nitrogens with one attached hydrogen (secondary N) is 1. The zero-order valence-electron chi connectivity index (χ0n) is 22.3. The number of anilines is 1. The molecule has 2 N–H and O–H groups in total. The normalized spacial score (nSPS) is 15.9. The van der Waals surface area contributed by atoms with E-state index in [9.17, 15) is 14.7 Å². The predicted molar refractivity (Wildman–Crippen MR) is 150 cm³/mol. The topological polar surface area (TPSA) is 106 Å². The molecule has 1 amide bonds. The molecule has 9 heteroatoms.